The Morgan fingerprint density at radius 3 is 2.94 bits per heavy atom. The van der Waals surface area contributed by atoms with E-state index in [4.69, 9.17) is 9.47 Å². The van der Waals surface area contributed by atoms with Gasteiger partial charge in [-0.25, -0.2) is 4.39 Å². The summed E-state index contributed by atoms with van der Waals surface area (Å²) in [4.78, 5) is 11.6. The van der Waals surface area contributed by atoms with Crippen molar-refractivity contribution in [2.24, 2.45) is 0 Å². The number of carbonyl (C=O) groups is 1. The number of amides is 1. The van der Waals surface area contributed by atoms with Gasteiger partial charge in [-0.1, -0.05) is 6.07 Å². The topological polar surface area (TPSA) is 47.6 Å². The number of hydrogen-bond donors (Lipinski definition) is 1. The van der Waals surface area contributed by atoms with Gasteiger partial charge in [0.25, 0.3) is 5.91 Å². The van der Waals surface area contributed by atoms with Crippen LogP contribution in [0.25, 0.3) is 0 Å². The molecule has 1 aromatic rings. The van der Waals surface area contributed by atoms with E-state index in [0.29, 0.717) is 19.0 Å². The number of halogens is 1. The Bertz CT molecular complexity index is 405. The maximum Gasteiger partial charge on any atom is 0.258 e. The average Bonchev–Trinajstić information content (AvgIpc) is 2.38. The summed E-state index contributed by atoms with van der Waals surface area (Å²) in [5.74, 6) is -0.208. The maximum absolute atomic E-state index is 12.9. The van der Waals surface area contributed by atoms with Crippen LogP contribution in [0.4, 0.5) is 4.39 Å². The Morgan fingerprint density at radius 2 is 2.22 bits per heavy atom. The maximum atomic E-state index is 12.9. The van der Waals surface area contributed by atoms with Crippen LogP contribution < -0.4 is 10.1 Å². The number of rotatable bonds is 4. The standard InChI is InChI=1S/C13H16FNO3/c14-10-2-1-3-12(8-10)18-9-13(16)15-11-4-6-17-7-5-11/h1-3,8,11H,4-7,9H2,(H,15,16). The highest BCUT2D eigenvalue weighted by Crippen LogP contribution is 2.11. The van der Waals surface area contributed by atoms with Gasteiger partial charge >= 0.3 is 0 Å². The molecule has 4 nitrogen and oxygen atoms in total. The summed E-state index contributed by atoms with van der Waals surface area (Å²) in [5.41, 5.74) is 0. The van der Waals surface area contributed by atoms with E-state index in [1.54, 1.807) is 12.1 Å². The summed E-state index contributed by atoms with van der Waals surface area (Å²) in [5, 5.41) is 2.87. The zero-order chi connectivity index (χ0) is 12.8. The molecule has 1 aliphatic rings. The van der Waals surface area contributed by atoms with Gasteiger partial charge in [0.05, 0.1) is 0 Å². The van der Waals surface area contributed by atoms with Crippen molar-refractivity contribution >= 4 is 5.91 Å². The van der Waals surface area contributed by atoms with Gasteiger partial charge in [-0.15, -0.1) is 0 Å². The lowest BCUT2D eigenvalue weighted by Gasteiger charge is -2.23. The van der Waals surface area contributed by atoms with Crippen LogP contribution in [0.15, 0.2) is 24.3 Å². The summed E-state index contributed by atoms with van der Waals surface area (Å²) >= 11 is 0. The molecule has 1 heterocycles. The molecule has 0 saturated carbocycles. The molecule has 1 N–H and O–H groups in total. The molecule has 18 heavy (non-hydrogen) atoms. The van der Waals surface area contributed by atoms with Crippen LogP contribution >= 0.6 is 0 Å². The first-order valence-corrected chi connectivity index (χ1v) is 5.99. The van der Waals surface area contributed by atoms with Crippen molar-refractivity contribution in [1.29, 1.82) is 0 Å². The van der Waals surface area contributed by atoms with E-state index >= 15 is 0 Å². The molecule has 0 atom stereocenters. The third-order valence-corrected chi connectivity index (χ3v) is 2.75. The van der Waals surface area contributed by atoms with Gasteiger partial charge in [0, 0.05) is 25.3 Å². The zero-order valence-electron chi connectivity index (χ0n) is 10.0. The lowest BCUT2D eigenvalue weighted by molar-refractivity contribution is -0.124. The predicted octanol–water partition coefficient (Wildman–Crippen LogP) is 1.50. The monoisotopic (exact) mass is 253 g/mol. The molecular formula is C13H16FNO3. The molecule has 0 spiro atoms. The highest BCUT2D eigenvalue weighted by atomic mass is 19.1. The van der Waals surface area contributed by atoms with Crippen LogP contribution in [-0.4, -0.2) is 31.8 Å². The van der Waals surface area contributed by atoms with Crippen molar-refractivity contribution in [3.63, 3.8) is 0 Å². The summed E-state index contributed by atoms with van der Waals surface area (Å²) in [6.07, 6.45) is 1.65. The molecule has 0 bridgehead atoms. The van der Waals surface area contributed by atoms with Crippen molar-refractivity contribution in [3.05, 3.63) is 30.1 Å². The smallest absolute Gasteiger partial charge is 0.258 e. The third-order valence-electron chi connectivity index (χ3n) is 2.75. The fraction of sp³-hybridized carbons (Fsp3) is 0.462. The molecule has 0 aliphatic carbocycles. The number of hydrogen-bond acceptors (Lipinski definition) is 3. The van der Waals surface area contributed by atoms with Crippen LogP contribution in [-0.2, 0) is 9.53 Å². The molecule has 1 aliphatic heterocycles. The van der Waals surface area contributed by atoms with Gasteiger partial charge in [0.2, 0.25) is 0 Å². The molecule has 2 rings (SSSR count). The molecule has 0 unspecified atom stereocenters. The van der Waals surface area contributed by atoms with Crippen LogP contribution in [0.5, 0.6) is 5.75 Å². The summed E-state index contributed by atoms with van der Waals surface area (Å²) in [7, 11) is 0. The minimum atomic E-state index is -0.377. The third kappa shape index (κ3) is 4.00. The highest BCUT2D eigenvalue weighted by Gasteiger charge is 2.16. The summed E-state index contributed by atoms with van der Waals surface area (Å²) in [6, 6.07) is 5.89. The van der Waals surface area contributed by atoms with Gasteiger partial charge in [-0.2, -0.15) is 0 Å². The molecule has 1 fully saturated rings. The lowest BCUT2D eigenvalue weighted by atomic mass is 10.1. The molecule has 1 aromatic carbocycles. The SMILES string of the molecule is O=C(COc1cccc(F)c1)NC1CCOCC1. The Labute approximate surface area is 105 Å². The van der Waals surface area contributed by atoms with Gasteiger partial charge in [-0.3, -0.25) is 4.79 Å². The number of carbonyl (C=O) groups excluding carboxylic acids is 1. The van der Waals surface area contributed by atoms with Crippen LogP contribution in [0.3, 0.4) is 0 Å². The molecule has 5 heteroatoms. The van der Waals surface area contributed by atoms with Crippen molar-refractivity contribution < 1.29 is 18.7 Å². The average molecular weight is 253 g/mol. The Balaban J connectivity index is 1.74. The van der Waals surface area contributed by atoms with E-state index in [1.165, 1.54) is 12.1 Å². The second kappa shape index (κ2) is 6.35. The van der Waals surface area contributed by atoms with Crippen LogP contribution in [0, 0.1) is 5.82 Å². The molecule has 1 amide bonds. The lowest BCUT2D eigenvalue weighted by Crippen LogP contribution is -2.41. The first-order chi connectivity index (χ1) is 8.74. The molecule has 0 aromatic heterocycles. The molecule has 0 radical (unpaired) electrons. The summed E-state index contributed by atoms with van der Waals surface area (Å²) < 4.78 is 23.3. The Kier molecular flexibility index (Phi) is 4.52. The Morgan fingerprint density at radius 1 is 1.44 bits per heavy atom. The first-order valence-electron chi connectivity index (χ1n) is 5.99. The number of ether oxygens (including phenoxy) is 2. The van der Waals surface area contributed by atoms with Gasteiger partial charge in [0.1, 0.15) is 11.6 Å². The van der Waals surface area contributed by atoms with Crippen molar-refractivity contribution in [2.75, 3.05) is 19.8 Å². The van der Waals surface area contributed by atoms with Crippen LogP contribution in [0.2, 0.25) is 0 Å². The van der Waals surface area contributed by atoms with Gasteiger partial charge < -0.3 is 14.8 Å². The summed E-state index contributed by atoms with van der Waals surface area (Å²) in [6.45, 7) is 1.26. The quantitative estimate of drug-likeness (QED) is 0.884. The van der Waals surface area contributed by atoms with Crippen molar-refractivity contribution in [3.8, 4) is 5.75 Å². The Hall–Kier alpha value is -1.62. The second-order valence-corrected chi connectivity index (χ2v) is 4.20. The van der Waals surface area contributed by atoms with Gasteiger partial charge in [0.15, 0.2) is 6.61 Å². The van der Waals surface area contributed by atoms with E-state index in [1.807, 2.05) is 0 Å². The largest absolute Gasteiger partial charge is 0.484 e. The van der Waals surface area contributed by atoms with Crippen molar-refractivity contribution in [2.45, 2.75) is 18.9 Å². The number of nitrogens with one attached hydrogen (secondary N) is 1. The fourth-order valence-electron chi connectivity index (χ4n) is 1.82. The molecule has 98 valence electrons. The minimum Gasteiger partial charge on any atom is -0.484 e. The van der Waals surface area contributed by atoms with E-state index < -0.39 is 0 Å². The molecular weight excluding hydrogens is 237 g/mol. The van der Waals surface area contributed by atoms with Gasteiger partial charge in [-0.05, 0) is 25.0 Å². The predicted molar refractivity (Wildman–Crippen MR) is 63.9 cm³/mol. The van der Waals surface area contributed by atoms with E-state index in [0.717, 1.165) is 12.8 Å². The first kappa shape index (κ1) is 12.8. The fourth-order valence-corrected chi connectivity index (χ4v) is 1.82. The van der Waals surface area contributed by atoms with Crippen molar-refractivity contribution in [1.82, 2.24) is 5.32 Å². The normalized spacial score (nSPS) is 16.3. The van der Waals surface area contributed by atoms with Crippen LogP contribution in [0.1, 0.15) is 12.8 Å². The second-order valence-electron chi connectivity index (χ2n) is 4.20. The van der Waals surface area contributed by atoms with E-state index in [-0.39, 0.29) is 24.4 Å². The van der Waals surface area contributed by atoms with E-state index in [9.17, 15) is 9.18 Å². The van der Waals surface area contributed by atoms with E-state index in [2.05, 4.69) is 5.32 Å². The molecule has 1 saturated heterocycles. The minimum absolute atomic E-state index is 0.0964. The highest BCUT2D eigenvalue weighted by molar-refractivity contribution is 5.77. The zero-order valence-corrected chi connectivity index (χ0v) is 10.0. The number of benzene rings is 1.